The Labute approximate surface area is 220 Å². The summed E-state index contributed by atoms with van der Waals surface area (Å²) in [5, 5.41) is 4.94. The van der Waals surface area contributed by atoms with Gasteiger partial charge in [-0.05, 0) is 48.2 Å². The van der Waals surface area contributed by atoms with Crippen molar-refractivity contribution < 1.29 is 9.59 Å². The number of halogens is 4. The molecular formula is C24H28Cl4N2O2S. The smallest absolute Gasteiger partial charge is 0.242 e. The van der Waals surface area contributed by atoms with Crippen LogP contribution in [0.25, 0.3) is 0 Å². The lowest BCUT2D eigenvalue weighted by molar-refractivity contribution is -0.139. The molecule has 0 aliphatic rings. The van der Waals surface area contributed by atoms with E-state index in [9.17, 15) is 9.59 Å². The first-order chi connectivity index (χ1) is 15.8. The van der Waals surface area contributed by atoms with Crippen molar-refractivity contribution in [3.8, 4) is 0 Å². The highest BCUT2D eigenvalue weighted by molar-refractivity contribution is 7.99. The molecule has 2 rings (SSSR count). The van der Waals surface area contributed by atoms with E-state index in [1.807, 2.05) is 19.1 Å². The van der Waals surface area contributed by atoms with E-state index in [4.69, 9.17) is 46.4 Å². The van der Waals surface area contributed by atoms with Gasteiger partial charge < -0.3 is 10.2 Å². The lowest BCUT2D eigenvalue weighted by Gasteiger charge is -2.30. The standard InChI is InChI=1S/C24H28Cl4N2O2S/c1-3-5-10-29-24(32)22(4-2)30(13-16-6-9-19(26)21(28)11-16)23(31)15-33-14-17-7-8-18(25)12-20(17)27/h6-9,11-12,22H,3-5,10,13-15H2,1-2H3,(H,29,32)/t22-/m0/s1. The molecule has 0 fully saturated rings. The lowest BCUT2D eigenvalue weighted by atomic mass is 10.1. The van der Waals surface area contributed by atoms with Gasteiger partial charge in [0.25, 0.3) is 0 Å². The normalized spacial score (nSPS) is 11.8. The van der Waals surface area contributed by atoms with Crippen molar-refractivity contribution in [2.75, 3.05) is 12.3 Å². The molecule has 2 amide bonds. The summed E-state index contributed by atoms with van der Waals surface area (Å²) in [5.41, 5.74) is 1.71. The summed E-state index contributed by atoms with van der Waals surface area (Å²) in [4.78, 5) is 27.8. The van der Waals surface area contributed by atoms with Crippen molar-refractivity contribution in [3.05, 3.63) is 67.6 Å². The molecule has 0 aliphatic carbocycles. The number of nitrogens with zero attached hydrogens (tertiary/aromatic N) is 1. The fraction of sp³-hybridized carbons (Fsp3) is 0.417. The molecule has 0 heterocycles. The van der Waals surface area contributed by atoms with Crippen LogP contribution in [-0.2, 0) is 21.9 Å². The Morgan fingerprint density at radius 1 is 1.00 bits per heavy atom. The molecule has 2 aromatic rings. The van der Waals surface area contributed by atoms with E-state index < -0.39 is 6.04 Å². The molecule has 0 radical (unpaired) electrons. The maximum absolute atomic E-state index is 13.3. The van der Waals surface area contributed by atoms with Crippen molar-refractivity contribution in [2.24, 2.45) is 0 Å². The van der Waals surface area contributed by atoms with E-state index in [1.165, 1.54) is 11.8 Å². The Morgan fingerprint density at radius 3 is 2.39 bits per heavy atom. The minimum Gasteiger partial charge on any atom is -0.354 e. The van der Waals surface area contributed by atoms with E-state index in [1.54, 1.807) is 29.2 Å². The first kappa shape index (κ1) is 28.1. The van der Waals surface area contributed by atoms with Gasteiger partial charge in [-0.3, -0.25) is 9.59 Å². The molecule has 0 saturated heterocycles. The predicted octanol–water partition coefficient (Wildman–Crippen LogP) is 7.26. The van der Waals surface area contributed by atoms with Crippen molar-refractivity contribution in [1.29, 1.82) is 0 Å². The average Bonchev–Trinajstić information content (AvgIpc) is 2.77. The SMILES string of the molecule is CCCCNC(=O)[C@H](CC)N(Cc1ccc(Cl)c(Cl)c1)C(=O)CSCc1ccc(Cl)cc1Cl. The van der Waals surface area contributed by atoms with Gasteiger partial charge in [-0.25, -0.2) is 0 Å². The van der Waals surface area contributed by atoms with Gasteiger partial charge in [0, 0.05) is 28.9 Å². The maximum atomic E-state index is 13.3. The van der Waals surface area contributed by atoms with Crippen molar-refractivity contribution >= 4 is 70.0 Å². The van der Waals surface area contributed by atoms with Crippen molar-refractivity contribution in [3.63, 3.8) is 0 Å². The fourth-order valence-corrected chi connectivity index (χ4v) is 5.02. The molecule has 33 heavy (non-hydrogen) atoms. The lowest BCUT2D eigenvalue weighted by Crippen LogP contribution is -2.49. The Balaban J connectivity index is 2.15. The zero-order chi connectivity index (χ0) is 24.4. The minimum absolute atomic E-state index is 0.131. The van der Waals surface area contributed by atoms with E-state index in [0.29, 0.717) is 38.8 Å². The number of hydrogen-bond acceptors (Lipinski definition) is 3. The summed E-state index contributed by atoms with van der Waals surface area (Å²) < 4.78 is 0. The van der Waals surface area contributed by atoms with E-state index in [-0.39, 0.29) is 24.1 Å². The first-order valence-corrected chi connectivity index (χ1v) is 13.5. The number of rotatable bonds is 12. The Morgan fingerprint density at radius 2 is 1.76 bits per heavy atom. The molecule has 4 nitrogen and oxygen atoms in total. The second-order valence-corrected chi connectivity index (χ2v) is 10.2. The van der Waals surface area contributed by atoms with Gasteiger partial charge in [-0.1, -0.05) is 78.8 Å². The van der Waals surface area contributed by atoms with E-state index in [2.05, 4.69) is 12.2 Å². The van der Waals surface area contributed by atoms with Gasteiger partial charge in [-0.15, -0.1) is 11.8 Å². The summed E-state index contributed by atoms with van der Waals surface area (Å²) in [7, 11) is 0. The van der Waals surface area contributed by atoms with Crippen LogP contribution in [0.3, 0.4) is 0 Å². The molecule has 2 aromatic carbocycles. The molecule has 0 saturated carbocycles. The number of carbonyl (C=O) groups is 2. The highest BCUT2D eigenvalue weighted by Crippen LogP contribution is 2.26. The van der Waals surface area contributed by atoms with Crippen LogP contribution < -0.4 is 5.32 Å². The third-order valence-electron chi connectivity index (χ3n) is 5.05. The zero-order valence-corrected chi connectivity index (χ0v) is 22.5. The van der Waals surface area contributed by atoms with Gasteiger partial charge in [-0.2, -0.15) is 0 Å². The second-order valence-electron chi connectivity index (χ2n) is 7.57. The Bertz CT molecular complexity index is 958. The maximum Gasteiger partial charge on any atom is 0.242 e. The number of carbonyl (C=O) groups excluding carboxylic acids is 2. The molecule has 0 aromatic heterocycles. The number of hydrogen-bond donors (Lipinski definition) is 1. The van der Waals surface area contributed by atoms with Crippen LogP contribution in [0.5, 0.6) is 0 Å². The Kier molecular flexibility index (Phi) is 12.2. The third kappa shape index (κ3) is 8.88. The number of nitrogens with one attached hydrogen (secondary N) is 1. The summed E-state index contributed by atoms with van der Waals surface area (Å²) in [5.74, 6) is 0.486. The molecular weight excluding hydrogens is 522 g/mol. The van der Waals surface area contributed by atoms with Crippen molar-refractivity contribution in [2.45, 2.75) is 51.4 Å². The van der Waals surface area contributed by atoms with Gasteiger partial charge >= 0.3 is 0 Å². The van der Waals surface area contributed by atoms with E-state index >= 15 is 0 Å². The molecule has 1 N–H and O–H groups in total. The molecule has 0 spiro atoms. The quantitative estimate of drug-likeness (QED) is 0.283. The number of thioether (sulfide) groups is 1. The molecule has 0 bridgehead atoms. The van der Waals surface area contributed by atoms with Crippen molar-refractivity contribution in [1.82, 2.24) is 10.2 Å². The van der Waals surface area contributed by atoms with Gasteiger partial charge in [0.2, 0.25) is 11.8 Å². The highest BCUT2D eigenvalue weighted by atomic mass is 35.5. The highest BCUT2D eigenvalue weighted by Gasteiger charge is 2.28. The topological polar surface area (TPSA) is 49.4 Å². The fourth-order valence-electron chi connectivity index (χ4n) is 3.23. The first-order valence-electron chi connectivity index (χ1n) is 10.8. The number of amides is 2. The van der Waals surface area contributed by atoms with E-state index in [0.717, 1.165) is 24.0 Å². The van der Waals surface area contributed by atoms with Crippen LogP contribution >= 0.6 is 58.2 Å². The van der Waals surface area contributed by atoms with Gasteiger partial charge in [0.05, 0.1) is 15.8 Å². The molecule has 1 atom stereocenters. The summed E-state index contributed by atoms with van der Waals surface area (Å²) in [6, 6.07) is 9.97. The average molecular weight is 550 g/mol. The number of benzene rings is 2. The zero-order valence-electron chi connectivity index (χ0n) is 18.7. The third-order valence-corrected chi connectivity index (χ3v) is 7.34. The molecule has 9 heteroatoms. The second kappa shape index (κ2) is 14.3. The van der Waals surface area contributed by atoms with Crippen LogP contribution in [0.15, 0.2) is 36.4 Å². The van der Waals surface area contributed by atoms with Gasteiger partial charge in [0.15, 0.2) is 0 Å². The summed E-state index contributed by atoms with van der Waals surface area (Å²) >= 11 is 25.9. The van der Waals surface area contributed by atoms with Crippen LogP contribution in [0.4, 0.5) is 0 Å². The Hall–Kier alpha value is -1.11. The molecule has 180 valence electrons. The molecule has 0 aliphatic heterocycles. The summed E-state index contributed by atoms with van der Waals surface area (Å²) in [6.45, 7) is 4.82. The minimum atomic E-state index is -0.580. The largest absolute Gasteiger partial charge is 0.354 e. The van der Waals surface area contributed by atoms with Crippen LogP contribution in [0.2, 0.25) is 20.1 Å². The van der Waals surface area contributed by atoms with Gasteiger partial charge in [0.1, 0.15) is 6.04 Å². The molecule has 0 unspecified atom stereocenters. The van der Waals surface area contributed by atoms with Crippen LogP contribution in [-0.4, -0.2) is 35.1 Å². The predicted molar refractivity (Wildman–Crippen MR) is 142 cm³/mol. The monoisotopic (exact) mass is 548 g/mol. The van der Waals surface area contributed by atoms with Crippen LogP contribution in [0, 0.1) is 0 Å². The van der Waals surface area contributed by atoms with Crippen LogP contribution in [0.1, 0.15) is 44.2 Å². The summed E-state index contributed by atoms with van der Waals surface area (Å²) in [6.07, 6.45) is 2.37. The number of unbranched alkanes of at least 4 members (excludes halogenated alkanes) is 1.